The summed E-state index contributed by atoms with van der Waals surface area (Å²) in [7, 11) is -14.1. The van der Waals surface area contributed by atoms with E-state index < -0.39 is 66.2 Å². The van der Waals surface area contributed by atoms with Crippen molar-refractivity contribution in [2.75, 3.05) is 52.4 Å². The predicted molar refractivity (Wildman–Crippen MR) is 325 cm³/mol. The van der Waals surface area contributed by atoms with Gasteiger partial charge in [-0.05, 0) is 96.5 Å². The summed E-state index contributed by atoms with van der Waals surface area (Å²) in [5.74, 6) is 1.24. The average molecular weight is 1230 g/mol. The molecule has 3 unspecified atom stereocenters. The normalized spacial score (nSPS) is 13.8. The van der Waals surface area contributed by atoms with Crippen LogP contribution in [0.1, 0.15) is 92.7 Å². The van der Waals surface area contributed by atoms with Crippen molar-refractivity contribution in [1.29, 1.82) is 0 Å². The van der Waals surface area contributed by atoms with Crippen LogP contribution in [-0.4, -0.2) is 97.2 Å². The van der Waals surface area contributed by atoms with E-state index in [4.69, 9.17) is 38.2 Å². The van der Waals surface area contributed by atoms with Crippen LogP contribution < -0.4 is 20.3 Å². The second-order valence-corrected chi connectivity index (χ2v) is 24.2. The van der Waals surface area contributed by atoms with E-state index in [0.29, 0.717) is 28.2 Å². The first-order chi connectivity index (χ1) is 40.9. The van der Waals surface area contributed by atoms with Crippen LogP contribution in [0.4, 0.5) is 5.95 Å². The van der Waals surface area contributed by atoms with Gasteiger partial charge in [-0.25, -0.2) is 18.7 Å². The van der Waals surface area contributed by atoms with E-state index in [1.807, 2.05) is 158 Å². The number of H-pyrrole nitrogens is 1. The molecule has 6 aromatic carbocycles. The number of benzene rings is 6. The minimum absolute atomic E-state index is 0.0420. The summed E-state index contributed by atoms with van der Waals surface area (Å²) in [6.45, 7) is 8.97. The lowest BCUT2D eigenvalue weighted by atomic mass is 9.77. The molecule has 0 bridgehead atoms. The molecule has 454 valence electrons. The molecule has 0 aliphatic rings. The van der Waals surface area contributed by atoms with Crippen LogP contribution in [0.25, 0.3) is 11.2 Å². The average Bonchev–Trinajstić information content (AvgIpc) is 1.93. The molecule has 8 rings (SSSR count). The quantitative estimate of drug-likeness (QED) is 0.0169. The van der Waals surface area contributed by atoms with Crippen molar-refractivity contribution in [3.63, 3.8) is 0 Å². The van der Waals surface area contributed by atoms with Crippen LogP contribution in [0.15, 0.2) is 181 Å². The number of phosphoric ester groups is 1. The zero-order valence-electron chi connectivity index (χ0n) is 48.2. The second kappa shape index (κ2) is 31.1. The van der Waals surface area contributed by atoms with Crippen molar-refractivity contribution in [1.82, 2.24) is 24.4 Å². The molecule has 8 aromatic rings. The first-order valence-electron chi connectivity index (χ1n) is 27.9. The number of hydrogen-bond donors (Lipinski definition) is 6. The molecule has 6 N–H and O–H groups in total. The lowest BCUT2D eigenvalue weighted by Crippen LogP contribution is -2.39. The Morgan fingerprint density at radius 3 is 1.47 bits per heavy atom. The van der Waals surface area contributed by atoms with Crippen LogP contribution in [0.2, 0.25) is 0 Å². The Morgan fingerprint density at radius 2 is 1.02 bits per heavy atom. The van der Waals surface area contributed by atoms with Gasteiger partial charge in [0.1, 0.15) is 35.5 Å². The Bertz CT molecular complexity index is 3410. The molecule has 0 aliphatic heterocycles. The van der Waals surface area contributed by atoms with Gasteiger partial charge in [0.2, 0.25) is 5.95 Å². The maximum Gasteiger partial charge on any atom is 0.490 e. The molecule has 0 saturated carbocycles. The summed E-state index contributed by atoms with van der Waals surface area (Å²) < 4.78 is 75.5. The minimum atomic E-state index is -5.88. The van der Waals surface area contributed by atoms with E-state index in [1.54, 1.807) is 19.2 Å². The molecule has 21 nitrogen and oxygen atoms in total. The smallest absolute Gasteiger partial charge is 0.490 e. The summed E-state index contributed by atoms with van der Waals surface area (Å²) in [5.41, 5.74) is 1.17. The van der Waals surface area contributed by atoms with Gasteiger partial charge in [0.05, 0.1) is 33.8 Å². The van der Waals surface area contributed by atoms with Crippen molar-refractivity contribution in [2.45, 2.75) is 83.3 Å². The van der Waals surface area contributed by atoms with Gasteiger partial charge in [0, 0.05) is 0 Å². The summed E-state index contributed by atoms with van der Waals surface area (Å²) in [4.78, 5) is 67.3. The molecule has 0 fully saturated rings. The molecular formula is C61H75N6O15P3. The van der Waals surface area contributed by atoms with Crippen LogP contribution in [0.3, 0.4) is 0 Å². The van der Waals surface area contributed by atoms with Gasteiger partial charge < -0.3 is 48.7 Å². The second-order valence-electron chi connectivity index (χ2n) is 19.8. The van der Waals surface area contributed by atoms with Crippen molar-refractivity contribution in [2.24, 2.45) is 0 Å². The predicted octanol–water partition coefficient (Wildman–Crippen LogP) is 11.9. The number of rotatable bonds is 32. The van der Waals surface area contributed by atoms with E-state index in [2.05, 4.69) is 49.6 Å². The summed E-state index contributed by atoms with van der Waals surface area (Å²) >= 11 is 0. The summed E-state index contributed by atoms with van der Waals surface area (Å²) in [6, 6.07) is 52.1. The van der Waals surface area contributed by atoms with Crippen LogP contribution in [-0.2, 0) is 54.2 Å². The number of hydrogen-bond acceptors (Lipinski definition) is 15. The zero-order chi connectivity index (χ0) is 60.9. The Kier molecular flexibility index (Phi) is 24.1. The third-order valence-electron chi connectivity index (χ3n) is 13.8. The highest BCUT2D eigenvalue weighted by atomic mass is 31.3. The van der Waals surface area contributed by atoms with Gasteiger partial charge in [0.25, 0.3) is 5.56 Å². The van der Waals surface area contributed by atoms with Crippen molar-refractivity contribution in [3.8, 4) is 11.5 Å². The molecule has 2 heterocycles. The molecule has 0 spiro atoms. The Morgan fingerprint density at radius 1 is 0.588 bits per heavy atom. The number of aromatic amines is 1. The number of imidazole rings is 1. The highest BCUT2D eigenvalue weighted by Crippen LogP contribution is 2.66. The molecule has 2 aromatic heterocycles. The Labute approximate surface area is 495 Å². The third kappa shape index (κ3) is 18.0. The summed E-state index contributed by atoms with van der Waals surface area (Å²) in [5, 5.41) is 3.54. The van der Waals surface area contributed by atoms with Gasteiger partial charge >= 0.3 is 23.5 Å². The topological polar surface area (TPSA) is 276 Å². The molecular weight excluding hydrogens is 1150 g/mol. The number of fused-ring (bicyclic) bond motifs is 1. The molecule has 3 atom stereocenters. The number of phosphoric acid groups is 3. The van der Waals surface area contributed by atoms with Crippen molar-refractivity contribution < 1.29 is 65.4 Å². The fraction of sp³-hybridized carbons (Fsp3) is 0.328. The molecule has 0 radical (unpaired) electrons. The molecule has 0 aliphatic carbocycles. The zero-order valence-corrected chi connectivity index (χ0v) is 50.9. The highest BCUT2D eigenvalue weighted by Gasteiger charge is 2.43. The van der Waals surface area contributed by atoms with E-state index in [9.17, 15) is 28.3 Å². The van der Waals surface area contributed by atoms with Crippen LogP contribution >= 0.6 is 23.5 Å². The monoisotopic (exact) mass is 1220 g/mol. The number of anilines is 1. The van der Waals surface area contributed by atoms with E-state index in [-0.39, 0.29) is 17.1 Å². The number of nitrogens with zero attached hydrogens (tertiary/aromatic N) is 4. The van der Waals surface area contributed by atoms with Crippen LogP contribution in [0, 0.1) is 0 Å². The number of nitrogens with one attached hydrogen (secondary N) is 2. The number of unbranched alkanes of at least 4 members (excludes halogenated alkanes) is 3. The van der Waals surface area contributed by atoms with Gasteiger partial charge in [-0.1, -0.05) is 186 Å². The van der Waals surface area contributed by atoms with Gasteiger partial charge in [-0.2, -0.15) is 13.6 Å². The standard InChI is InChI=1S/C49H48N5O15P3.C12H27N/c1-63-41-27-23-37(24-28-41)48(35-15-7-3-8-16-35,36-17-9-4-10-18-36)53-47-51-45-44(46(55)52-47)50-33-54(45)34-65-43(32-67-71(59,60)69-72(61,62)68-70(56,57)58)31-66-49(38-19-11-5-12-20-38,39-21-13-6-14-22-39)40-25-29-42(64-2)30-26-40;1-4-7-10-13(11-8-5-2)12-9-6-3/h3-30,33,43H,31-32,34H2,1-2H3,(H,59,60)(H,61,62)(H2,56,57,58)(H2,51,52,53,55);4-12H2,1-3H3. The Hall–Kier alpha value is -6.64. The first-order valence-corrected chi connectivity index (χ1v) is 32.4. The number of ether oxygens (including phenoxy) is 4. The highest BCUT2D eigenvalue weighted by molar-refractivity contribution is 7.66. The summed E-state index contributed by atoms with van der Waals surface area (Å²) in [6.07, 6.45) is 8.01. The molecule has 0 amide bonds. The SMILES string of the molecule is CCCCN(CCCC)CCCC.COc1ccc(C(Nc2nc3c(ncn3COC(COC(c3ccccc3)(c3ccccc3)c3ccc(OC)cc3)COP(=O)(O)OP(=O)(O)OP(=O)(O)O)c(=O)[nH]2)(c2ccccc2)c2ccccc2)cc1. The maximum absolute atomic E-state index is 13.9. The fourth-order valence-corrected chi connectivity index (χ4v) is 12.7. The van der Waals surface area contributed by atoms with Gasteiger partial charge in [0.15, 0.2) is 11.2 Å². The van der Waals surface area contributed by atoms with E-state index >= 15 is 0 Å². The third-order valence-corrected chi connectivity index (χ3v) is 17.6. The fourth-order valence-electron chi connectivity index (χ4n) is 9.65. The number of aromatic nitrogens is 4. The largest absolute Gasteiger partial charge is 0.497 e. The van der Waals surface area contributed by atoms with Gasteiger partial charge in [-0.3, -0.25) is 18.9 Å². The van der Waals surface area contributed by atoms with Gasteiger partial charge in [-0.15, -0.1) is 0 Å². The lowest BCUT2D eigenvalue weighted by molar-refractivity contribution is -0.0958. The van der Waals surface area contributed by atoms with E-state index in [0.717, 1.165) is 16.7 Å². The Balaban J connectivity index is 0.000000710. The molecule has 0 saturated heterocycles. The lowest BCUT2D eigenvalue weighted by Gasteiger charge is -2.37. The maximum atomic E-state index is 13.9. The minimum Gasteiger partial charge on any atom is -0.497 e. The number of methoxy groups -OCH3 is 2. The first kappa shape index (κ1) is 65.9. The van der Waals surface area contributed by atoms with E-state index in [1.165, 1.54) is 76.2 Å². The molecule has 85 heavy (non-hydrogen) atoms. The van der Waals surface area contributed by atoms with Crippen molar-refractivity contribution >= 4 is 40.6 Å². The van der Waals surface area contributed by atoms with Crippen molar-refractivity contribution in [3.05, 3.63) is 220 Å². The van der Waals surface area contributed by atoms with Crippen LogP contribution in [0.5, 0.6) is 11.5 Å². The molecule has 24 heteroatoms.